The first-order valence-electron chi connectivity index (χ1n) is 9.35. The van der Waals surface area contributed by atoms with E-state index in [0.717, 1.165) is 44.1 Å². The first-order valence-corrected chi connectivity index (χ1v) is 9.35. The number of halogens is 3. The monoisotopic (exact) mass is 419 g/mol. The average molecular weight is 419 g/mol. The van der Waals surface area contributed by atoms with Crippen molar-refractivity contribution in [1.29, 1.82) is 0 Å². The lowest BCUT2D eigenvalue weighted by Crippen LogP contribution is -2.44. The summed E-state index contributed by atoms with van der Waals surface area (Å²) in [5.41, 5.74) is 6.54. The summed E-state index contributed by atoms with van der Waals surface area (Å²) < 4.78 is 39.0. The molecule has 2 aromatic heterocycles. The van der Waals surface area contributed by atoms with E-state index < -0.39 is 23.7 Å². The van der Waals surface area contributed by atoms with Crippen LogP contribution >= 0.6 is 0 Å². The SMILES string of the molecule is CN1CCN(c2ccc3nc(C(C(N)=O)c4nccc(C(F)(F)F)n4)[nH]c3c2)CC1. The topological polar surface area (TPSA) is 104 Å². The predicted octanol–water partition coefficient (Wildman–Crippen LogP) is 1.74. The molecule has 11 heteroatoms. The molecule has 0 saturated carbocycles. The van der Waals surface area contributed by atoms with Gasteiger partial charge in [-0.3, -0.25) is 4.79 Å². The van der Waals surface area contributed by atoms with Crippen molar-refractivity contribution in [3.8, 4) is 0 Å². The van der Waals surface area contributed by atoms with Gasteiger partial charge in [0.05, 0.1) is 11.0 Å². The molecule has 0 spiro atoms. The third kappa shape index (κ3) is 3.92. The van der Waals surface area contributed by atoms with Gasteiger partial charge in [0.2, 0.25) is 5.91 Å². The maximum Gasteiger partial charge on any atom is 0.433 e. The highest BCUT2D eigenvalue weighted by molar-refractivity contribution is 5.86. The van der Waals surface area contributed by atoms with Gasteiger partial charge in [-0.1, -0.05) is 0 Å². The molecular weight excluding hydrogens is 399 g/mol. The van der Waals surface area contributed by atoms with Crippen molar-refractivity contribution >= 4 is 22.6 Å². The largest absolute Gasteiger partial charge is 0.433 e. The third-order valence-electron chi connectivity index (χ3n) is 5.13. The fourth-order valence-corrected chi connectivity index (χ4v) is 3.47. The predicted molar refractivity (Wildman–Crippen MR) is 104 cm³/mol. The van der Waals surface area contributed by atoms with Gasteiger partial charge in [0, 0.05) is 38.1 Å². The van der Waals surface area contributed by atoms with Gasteiger partial charge in [-0.15, -0.1) is 0 Å². The lowest BCUT2D eigenvalue weighted by Gasteiger charge is -2.34. The maximum atomic E-state index is 13.0. The number of nitrogens with one attached hydrogen (secondary N) is 1. The summed E-state index contributed by atoms with van der Waals surface area (Å²) in [6.07, 6.45) is -3.71. The number of benzene rings is 1. The summed E-state index contributed by atoms with van der Waals surface area (Å²) in [5.74, 6) is -2.47. The number of anilines is 1. The van der Waals surface area contributed by atoms with Crippen LogP contribution in [0.1, 0.15) is 23.3 Å². The molecule has 0 aliphatic carbocycles. The molecule has 1 atom stereocenters. The first kappa shape index (κ1) is 20.1. The Morgan fingerprint density at radius 1 is 1.17 bits per heavy atom. The summed E-state index contributed by atoms with van der Waals surface area (Å²) in [6.45, 7) is 3.65. The summed E-state index contributed by atoms with van der Waals surface area (Å²) in [4.78, 5) is 31.3. The van der Waals surface area contributed by atoms with Crippen LogP contribution in [-0.2, 0) is 11.0 Å². The normalized spacial score (nSPS) is 16.7. The number of hydrogen-bond acceptors (Lipinski definition) is 6. The second kappa shape index (κ2) is 7.56. The highest BCUT2D eigenvalue weighted by Gasteiger charge is 2.35. The standard InChI is InChI=1S/C19H20F3N7O/c1-28-6-8-29(9-7-28)11-2-3-12-13(10-11)26-18(25-12)15(16(23)30)17-24-5-4-14(27-17)19(20,21)22/h2-5,10,15H,6-9H2,1H3,(H2,23,30)(H,25,26). The van der Waals surface area contributed by atoms with Crippen LogP contribution in [0.25, 0.3) is 11.0 Å². The number of piperazine rings is 1. The molecule has 0 radical (unpaired) electrons. The molecule has 8 nitrogen and oxygen atoms in total. The molecule has 30 heavy (non-hydrogen) atoms. The molecule has 158 valence electrons. The Kier molecular flexibility index (Phi) is 5.06. The average Bonchev–Trinajstić information content (AvgIpc) is 3.10. The van der Waals surface area contributed by atoms with Crippen molar-refractivity contribution in [3.63, 3.8) is 0 Å². The first-order chi connectivity index (χ1) is 14.2. The quantitative estimate of drug-likeness (QED) is 0.668. The Morgan fingerprint density at radius 2 is 1.90 bits per heavy atom. The molecule has 1 unspecified atom stereocenters. The highest BCUT2D eigenvalue weighted by Crippen LogP contribution is 2.30. The zero-order valence-corrected chi connectivity index (χ0v) is 16.1. The van der Waals surface area contributed by atoms with Crippen LogP contribution in [0.3, 0.4) is 0 Å². The van der Waals surface area contributed by atoms with Crippen molar-refractivity contribution < 1.29 is 18.0 Å². The molecule has 1 aliphatic heterocycles. The second-order valence-corrected chi connectivity index (χ2v) is 7.25. The molecule has 1 aromatic carbocycles. The minimum Gasteiger partial charge on any atom is -0.369 e. The third-order valence-corrected chi connectivity index (χ3v) is 5.13. The van der Waals surface area contributed by atoms with Crippen LogP contribution in [0.15, 0.2) is 30.5 Å². The smallest absolute Gasteiger partial charge is 0.369 e. The minimum atomic E-state index is -4.66. The molecule has 3 heterocycles. The van der Waals surface area contributed by atoms with Crippen LogP contribution < -0.4 is 10.6 Å². The number of alkyl halides is 3. The molecule has 1 aliphatic rings. The number of aromatic nitrogens is 4. The van der Waals surface area contributed by atoms with E-state index in [2.05, 4.69) is 36.8 Å². The van der Waals surface area contributed by atoms with Crippen molar-refractivity contribution in [3.05, 3.63) is 47.8 Å². The van der Waals surface area contributed by atoms with Gasteiger partial charge in [0.25, 0.3) is 0 Å². The Balaban J connectivity index is 1.69. The van der Waals surface area contributed by atoms with E-state index in [9.17, 15) is 18.0 Å². The zero-order chi connectivity index (χ0) is 21.5. The number of primary amides is 1. The molecule has 0 bridgehead atoms. The van der Waals surface area contributed by atoms with Crippen LogP contribution in [0.5, 0.6) is 0 Å². The van der Waals surface area contributed by atoms with E-state index in [1.807, 2.05) is 12.1 Å². The van der Waals surface area contributed by atoms with Gasteiger partial charge >= 0.3 is 6.18 Å². The van der Waals surface area contributed by atoms with Gasteiger partial charge < -0.3 is 20.5 Å². The number of likely N-dealkylation sites (N-methyl/N-ethyl adjacent to an activating group) is 1. The number of nitrogens with two attached hydrogens (primary N) is 1. The summed E-state index contributed by atoms with van der Waals surface area (Å²) in [6, 6.07) is 6.37. The number of fused-ring (bicyclic) bond motifs is 1. The van der Waals surface area contributed by atoms with E-state index in [4.69, 9.17) is 5.73 Å². The molecule has 1 fully saturated rings. The Bertz CT molecular complexity index is 1070. The van der Waals surface area contributed by atoms with E-state index in [-0.39, 0.29) is 11.6 Å². The molecule has 1 saturated heterocycles. The number of imidazole rings is 1. The van der Waals surface area contributed by atoms with Crippen molar-refractivity contribution in [1.82, 2.24) is 24.8 Å². The van der Waals surface area contributed by atoms with Gasteiger partial charge in [0.1, 0.15) is 17.3 Å². The molecular formula is C19H20F3N7O. The van der Waals surface area contributed by atoms with Crippen LogP contribution in [0.2, 0.25) is 0 Å². The number of aromatic amines is 1. The van der Waals surface area contributed by atoms with Crippen molar-refractivity contribution in [2.24, 2.45) is 5.73 Å². The van der Waals surface area contributed by atoms with Gasteiger partial charge in [0.15, 0.2) is 5.92 Å². The highest BCUT2D eigenvalue weighted by atomic mass is 19.4. The Labute approximate surface area is 169 Å². The Morgan fingerprint density at radius 3 is 2.57 bits per heavy atom. The second-order valence-electron chi connectivity index (χ2n) is 7.25. The van der Waals surface area contributed by atoms with Crippen LogP contribution in [0, 0.1) is 0 Å². The molecule has 4 rings (SSSR count). The van der Waals surface area contributed by atoms with E-state index in [1.165, 1.54) is 0 Å². The lowest BCUT2D eigenvalue weighted by atomic mass is 10.1. The van der Waals surface area contributed by atoms with Crippen LogP contribution in [-0.4, -0.2) is 64.0 Å². The maximum absolute atomic E-state index is 13.0. The lowest BCUT2D eigenvalue weighted by molar-refractivity contribution is -0.141. The summed E-state index contributed by atoms with van der Waals surface area (Å²) in [7, 11) is 2.07. The number of H-pyrrole nitrogens is 1. The summed E-state index contributed by atoms with van der Waals surface area (Å²) in [5, 5.41) is 0. The van der Waals surface area contributed by atoms with E-state index in [1.54, 1.807) is 6.07 Å². The zero-order valence-electron chi connectivity index (χ0n) is 16.1. The number of hydrogen-bond donors (Lipinski definition) is 2. The number of amides is 1. The van der Waals surface area contributed by atoms with E-state index >= 15 is 0 Å². The molecule has 3 N–H and O–H groups in total. The van der Waals surface area contributed by atoms with Crippen molar-refractivity contribution in [2.45, 2.75) is 12.1 Å². The minimum absolute atomic E-state index is 0.104. The van der Waals surface area contributed by atoms with Gasteiger partial charge in [-0.2, -0.15) is 13.2 Å². The number of rotatable bonds is 4. The van der Waals surface area contributed by atoms with Crippen molar-refractivity contribution in [2.75, 3.05) is 38.1 Å². The van der Waals surface area contributed by atoms with Crippen LogP contribution in [0.4, 0.5) is 18.9 Å². The molecule has 3 aromatic rings. The fourth-order valence-electron chi connectivity index (χ4n) is 3.47. The molecule has 1 amide bonds. The van der Waals surface area contributed by atoms with Gasteiger partial charge in [-0.05, 0) is 31.3 Å². The Hall–Kier alpha value is -3.21. The number of nitrogens with zero attached hydrogens (tertiary/aromatic N) is 5. The van der Waals surface area contributed by atoms with E-state index in [0.29, 0.717) is 11.0 Å². The van der Waals surface area contributed by atoms with Gasteiger partial charge in [-0.25, -0.2) is 15.0 Å². The number of carbonyl (C=O) groups is 1. The fraction of sp³-hybridized carbons (Fsp3) is 0.368. The number of carbonyl (C=O) groups excluding carboxylic acids is 1. The summed E-state index contributed by atoms with van der Waals surface area (Å²) >= 11 is 0.